The van der Waals surface area contributed by atoms with Crippen molar-refractivity contribution in [3.8, 4) is 11.4 Å². The van der Waals surface area contributed by atoms with Crippen LogP contribution in [-0.2, 0) is 4.79 Å². The number of amides is 1. The maximum atomic E-state index is 13.4. The lowest BCUT2D eigenvalue weighted by Gasteiger charge is -2.17. The fourth-order valence-electron chi connectivity index (χ4n) is 3.36. The number of aryl methyl sites for hydroxylation is 1. The fourth-order valence-corrected chi connectivity index (χ4v) is 4.33. The van der Waals surface area contributed by atoms with Gasteiger partial charge in [-0.1, -0.05) is 48.8 Å². The van der Waals surface area contributed by atoms with Crippen molar-refractivity contribution in [1.82, 2.24) is 14.9 Å². The number of hydrogen-bond acceptors (Lipinski definition) is 5. The van der Waals surface area contributed by atoms with Crippen LogP contribution in [0.3, 0.4) is 0 Å². The third kappa shape index (κ3) is 5.22. The van der Waals surface area contributed by atoms with Crippen LogP contribution < -0.4 is 15.6 Å². The van der Waals surface area contributed by atoms with E-state index < -0.39 is 0 Å². The minimum Gasteiger partial charge on any atom is -0.495 e. The molecule has 0 spiro atoms. The molecular formula is C23H26ClN3O3S. The number of halogens is 1. The topological polar surface area (TPSA) is 73.2 Å². The zero-order chi connectivity index (χ0) is 22.5. The molecule has 3 rings (SSSR count). The molecule has 0 aliphatic carbocycles. The van der Waals surface area contributed by atoms with Gasteiger partial charge in [0.1, 0.15) is 5.75 Å². The summed E-state index contributed by atoms with van der Waals surface area (Å²) >= 11 is 7.48. The van der Waals surface area contributed by atoms with E-state index in [1.54, 1.807) is 30.3 Å². The Morgan fingerprint density at radius 3 is 2.77 bits per heavy atom. The molecule has 1 aromatic heterocycles. The van der Waals surface area contributed by atoms with Gasteiger partial charge in [0.05, 0.1) is 29.5 Å². The molecule has 6 nitrogen and oxygen atoms in total. The highest BCUT2D eigenvalue weighted by atomic mass is 35.5. The quantitative estimate of drug-likeness (QED) is 0.388. The van der Waals surface area contributed by atoms with E-state index in [1.807, 2.05) is 19.9 Å². The summed E-state index contributed by atoms with van der Waals surface area (Å²) < 4.78 is 7.00. The molecule has 1 heterocycles. The Balaban J connectivity index is 2.08. The number of aromatic nitrogens is 2. The van der Waals surface area contributed by atoms with Crippen molar-refractivity contribution in [3.63, 3.8) is 0 Å². The first-order chi connectivity index (χ1) is 14.8. The molecule has 31 heavy (non-hydrogen) atoms. The van der Waals surface area contributed by atoms with Crippen LogP contribution in [0.2, 0.25) is 5.02 Å². The highest BCUT2D eigenvalue weighted by Crippen LogP contribution is 2.32. The molecule has 0 aliphatic heterocycles. The molecule has 164 valence electrons. The van der Waals surface area contributed by atoms with E-state index in [9.17, 15) is 9.59 Å². The second-order valence-corrected chi connectivity index (χ2v) is 8.72. The van der Waals surface area contributed by atoms with Gasteiger partial charge in [0.2, 0.25) is 5.91 Å². The van der Waals surface area contributed by atoms with Gasteiger partial charge >= 0.3 is 0 Å². The van der Waals surface area contributed by atoms with Crippen molar-refractivity contribution in [2.45, 2.75) is 44.8 Å². The number of thioether (sulfide) groups is 1. The Kier molecular flexibility index (Phi) is 7.62. The maximum absolute atomic E-state index is 13.4. The van der Waals surface area contributed by atoms with Crippen molar-refractivity contribution in [1.29, 1.82) is 0 Å². The Morgan fingerprint density at radius 2 is 2.06 bits per heavy atom. The average molecular weight is 460 g/mol. The first-order valence-electron chi connectivity index (χ1n) is 10.1. The van der Waals surface area contributed by atoms with E-state index in [1.165, 1.54) is 23.4 Å². The first-order valence-corrected chi connectivity index (χ1v) is 11.5. The number of nitrogens with one attached hydrogen (secondary N) is 1. The predicted molar refractivity (Wildman–Crippen MR) is 127 cm³/mol. The molecule has 2 aromatic carbocycles. The van der Waals surface area contributed by atoms with Crippen LogP contribution in [0.25, 0.3) is 16.6 Å². The number of rotatable bonds is 8. The summed E-state index contributed by atoms with van der Waals surface area (Å²) in [5, 5.41) is 4.43. The molecule has 3 aromatic rings. The van der Waals surface area contributed by atoms with E-state index in [0.29, 0.717) is 32.5 Å². The zero-order valence-corrected chi connectivity index (χ0v) is 19.6. The van der Waals surface area contributed by atoms with Crippen molar-refractivity contribution < 1.29 is 9.53 Å². The molecule has 0 aliphatic rings. The Labute approximate surface area is 191 Å². The minimum absolute atomic E-state index is 0.0980. The van der Waals surface area contributed by atoms with Gasteiger partial charge in [-0.05, 0) is 44.0 Å². The Bertz CT molecular complexity index is 1160. The smallest absolute Gasteiger partial charge is 0.266 e. The number of carbonyl (C=O) groups is 1. The van der Waals surface area contributed by atoms with Gasteiger partial charge in [-0.2, -0.15) is 0 Å². The lowest BCUT2D eigenvalue weighted by Crippen LogP contribution is -2.34. The molecule has 0 saturated heterocycles. The van der Waals surface area contributed by atoms with Crippen molar-refractivity contribution in [2.24, 2.45) is 0 Å². The third-order valence-corrected chi connectivity index (χ3v) is 6.25. The van der Waals surface area contributed by atoms with Crippen LogP contribution in [-0.4, -0.2) is 34.4 Å². The van der Waals surface area contributed by atoms with Crippen molar-refractivity contribution in [3.05, 3.63) is 57.3 Å². The second kappa shape index (κ2) is 10.2. The van der Waals surface area contributed by atoms with Gasteiger partial charge in [-0.25, -0.2) is 4.98 Å². The average Bonchev–Trinajstić information content (AvgIpc) is 2.74. The lowest BCUT2D eigenvalue weighted by atomic mass is 10.2. The molecule has 1 unspecified atom stereocenters. The van der Waals surface area contributed by atoms with Crippen LogP contribution in [0.15, 0.2) is 46.3 Å². The van der Waals surface area contributed by atoms with Gasteiger partial charge in [0, 0.05) is 17.1 Å². The summed E-state index contributed by atoms with van der Waals surface area (Å²) in [5.41, 5.74) is 1.69. The zero-order valence-electron chi connectivity index (χ0n) is 18.1. The van der Waals surface area contributed by atoms with E-state index in [0.717, 1.165) is 18.4 Å². The number of hydrogen-bond donors (Lipinski definition) is 1. The first kappa shape index (κ1) is 23.2. The highest BCUT2D eigenvalue weighted by Gasteiger charge is 2.19. The maximum Gasteiger partial charge on any atom is 0.266 e. The van der Waals surface area contributed by atoms with E-state index in [-0.39, 0.29) is 23.3 Å². The number of nitrogens with zero attached hydrogens (tertiary/aromatic N) is 2. The van der Waals surface area contributed by atoms with Crippen LogP contribution >= 0.6 is 23.4 Å². The number of fused-ring (bicyclic) bond motifs is 1. The largest absolute Gasteiger partial charge is 0.495 e. The molecule has 1 amide bonds. The van der Waals surface area contributed by atoms with Gasteiger partial charge < -0.3 is 10.1 Å². The second-order valence-electron chi connectivity index (χ2n) is 7.37. The van der Waals surface area contributed by atoms with Crippen LogP contribution in [0.5, 0.6) is 5.75 Å². The summed E-state index contributed by atoms with van der Waals surface area (Å²) in [7, 11) is 1.53. The number of ether oxygens (including phenoxy) is 1. The number of benzene rings is 2. The molecule has 8 heteroatoms. The minimum atomic E-state index is -0.229. The Hall–Kier alpha value is -2.51. The van der Waals surface area contributed by atoms with Gasteiger partial charge in [0.25, 0.3) is 5.56 Å². The SMILES string of the molecule is CCCC(C)NC(=O)CSc1nc2ccccc2c(=O)n1-c1cc(C)c(Cl)cc1OC. The standard InChI is InChI=1S/C23H26ClN3O3S/c1-5-8-15(3)25-21(28)13-31-23-26-18-10-7-6-9-16(18)22(29)27(23)19-11-14(2)17(24)12-20(19)30-4/h6-7,9-12,15H,5,8,13H2,1-4H3,(H,25,28). The molecule has 1 atom stereocenters. The lowest BCUT2D eigenvalue weighted by molar-refractivity contribution is -0.119. The Morgan fingerprint density at radius 1 is 1.32 bits per heavy atom. The number of methoxy groups -OCH3 is 1. The molecule has 0 saturated carbocycles. The van der Waals surface area contributed by atoms with Crippen molar-refractivity contribution in [2.75, 3.05) is 12.9 Å². The predicted octanol–water partition coefficient (Wildman–Crippen LogP) is 4.75. The molecule has 0 bridgehead atoms. The van der Waals surface area contributed by atoms with Crippen LogP contribution in [0.4, 0.5) is 0 Å². The fraction of sp³-hybridized carbons (Fsp3) is 0.348. The monoisotopic (exact) mass is 459 g/mol. The van der Waals surface area contributed by atoms with Gasteiger partial charge in [-0.15, -0.1) is 0 Å². The molecular weight excluding hydrogens is 434 g/mol. The summed E-state index contributed by atoms with van der Waals surface area (Å²) in [6, 6.07) is 10.7. The number of carbonyl (C=O) groups excluding carboxylic acids is 1. The van der Waals surface area contributed by atoms with Crippen molar-refractivity contribution >= 4 is 40.2 Å². The van der Waals surface area contributed by atoms with E-state index in [2.05, 4.69) is 17.2 Å². The summed E-state index contributed by atoms with van der Waals surface area (Å²) in [6.07, 6.45) is 1.91. The summed E-state index contributed by atoms with van der Waals surface area (Å²) in [5.74, 6) is 0.505. The molecule has 1 N–H and O–H groups in total. The number of para-hydroxylation sites is 1. The van der Waals surface area contributed by atoms with Gasteiger partial charge in [0.15, 0.2) is 5.16 Å². The molecule has 0 radical (unpaired) electrons. The summed E-state index contributed by atoms with van der Waals surface area (Å²) in [6.45, 7) is 5.92. The van der Waals surface area contributed by atoms with Gasteiger partial charge in [-0.3, -0.25) is 14.2 Å². The van der Waals surface area contributed by atoms with Crippen LogP contribution in [0, 0.1) is 6.92 Å². The van der Waals surface area contributed by atoms with E-state index in [4.69, 9.17) is 16.3 Å². The van der Waals surface area contributed by atoms with E-state index >= 15 is 0 Å². The van der Waals surface area contributed by atoms with Crippen LogP contribution in [0.1, 0.15) is 32.3 Å². The molecule has 0 fully saturated rings. The third-order valence-electron chi connectivity index (χ3n) is 4.91. The highest BCUT2D eigenvalue weighted by molar-refractivity contribution is 7.99. The summed E-state index contributed by atoms with van der Waals surface area (Å²) in [4.78, 5) is 30.6. The normalized spacial score (nSPS) is 12.0.